The second-order valence-corrected chi connectivity index (χ2v) is 4.42. The number of likely N-dealkylation sites (N-methyl/N-ethyl adjacent to an activating group) is 1. The van der Waals surface area contributed by atoms with Crippen LogP contribution in [0.25, 0.3) is 0 Å². The van der Waals surface area contributed by atoms with E-state index in [1.165, 1.54) is 4.90 Å². The second kappa shape index (κ2) is 7.49. The minimum Gasteiger partial charge on any atom is -0.492 e. The molecule has 0 saturated heterocycles. The van der Waals surface area contributed by atoms with Gasteiger partial charge in [-0.15, -0.1) is 0 Å². The average Bonchev–Trinajstić information content (AvgIpc) is 2.40. The first-order chi connectivity index (χ1) is 9.49. The zero-order valence-corrected chi connectivity index (χ0v) is 12.3. The standard InChI is InChI=1S/C14H21N3O3/c1-5-20-12-8-10(14(19)17(3)4)6-7-11(12)16-13(18)9-15-2/h6-8,15H,5,9H2,1-4H3,(H,16,18). The molecule has 0 aliphatic heterocycles. The molecule has 0 fully saturated rings. The Bertz CT molecular complexity index is 487. The van der Waals surface area contributed by atoms with Crippen LogP contribution in [0.2, 0.25) is 0 Å². The molecule has 0 radical (unpaired) electrons. The number of hydrogen-bond acceptors (Lipinski definition) is 4. The predicted molar refractivity (Wildman–Crippen MR) is 78.2 cm³/mol. The summed E-state index contributed by atoms with van der Waals surface area (Å²) in [6.07, 6.45) is 0. The van der Waals surface area contributed by atoms with Crippen molar-refractivity contribution in [2.45, 2.75) is 6.92 Å². The Morgan fingerprint density at radius 3 is 2.55 bits per heavy atom. The Kier molecular flexibility index (Phi) is 5.99. The van der Waals surface area contributed by atoms with Crippen LogP contribution in [0.5, 0.6) is 5.75 Å². The Balaban J connectivity index is 3.01. The van der Waals surface area contributed by atoms with E-state index in [0.717, 1.165) is 0 Å². The normalized spacial score (nSPS) is 10.0. The summed E-state index contributed by atoms with van der Waals surface area (Å²) < 4.78 is 5.48. The number of amides is 2. The van der Waals surface area contributed by atoms with Gasteiger partial charge < -0.3 is 20.3 Å². The fraction of sp³-hybridized carbons (Fsp3) is 0.429. The van der Waals surface area contributed by atoms with E-state index in [9.17, 15) is 9.59 Å². The van der Waals surface area contributed by atoms with Crippen LogP contribution in [0, 0.1) is 0 Å². The molecule has 1 rings (SSSR count). The molecule has 0 aliphatic carbocycles. The number of nitrogens with one attached hydrogen (secondary N) is 2. The number of ether oxygens (including phenoxy) is 1. The molecule has 2 amide bonds. The first-order valence-electron chi connectivity index (χ1n) is 6.42. The van der Waals surface area contributed by atoms with Crippen molar-refractivity contribution in [3.8, 4) is 5.75 Å². The summed E-state index contributed by atoms with van der Waals surface area (Å²) in [4.78, 5) is 25.0. The van der Waals surface area contributed by atoms with Crippen LogP contribution in [0.15, 0.2) is 18.2 Å². The van der Waals surface area contributed by atoms with Crippen LogP contribution >= 0.6 is 0 Å². The van der Waals surface area contributed by atoms with E-state index < -0.39 is 0 Å². The Hall–Kier alpha value is -2.08. The summed E-state index contributed by atoms with van der Waals surface area (Å²) in [5, 5.41) is 5.51. The molecule has 20 heavy (non-hydrogen) atoms. The largest absolute Gasteiger partial charge is 0.492 e. The van der Waals surface area contributed by atoms with Gasteiger partial charge in [-0.2, -0.15) is 0 Å². The molecule has 1 aromatic rings. The van der Waals surface area contributed by atoms with Gasteiger partial charge >= 0.3 is 0 Å². The van der Waals surface area contributed by atoms with Gasteiger partial charge in [0.15, 0.2) is 0 Å². The highest BCUT2D eigenvalue weighted by molar-refractivity contribution is 5.97. The highest BCUT2D eigenvalue weighted by atomic mass is 16.5. The third-order valence-electron chi connectivity index (χ3n) is 2.55. The molecule has 0 aromatic heterocycles. The van der Waals surface area contributed by atoms with E-state index in [4.69, 9.17) is 4.74 Å². The van der Waals surface area contributed by atoms with Gasteiger partial charge in [-0.25, -0.2) is 0 Å². The summed E-state index contributed by atoms with van der Waals surface area (Å²) >= 11 is 0. The van der Waals surface area contributed by atoms with E-state index in [1.807, 2.05) is 6.92 Å². The summed E-state index contributed by atoms with van der Waals surface area (Å²) in [5.41, 5.74) is 1.08. The monoisotopic (exact) mass is 279 g/mol. The van der Waals surface area contributed by atoms with Crippen molar-refractivity contribution < 1.29 is 14.3 Å². The fourth-order valence-corrected chi connectivity index (χ4v) is 1.65. The SMILES string of the molecule is CCOc1cc(C(=O)N(C)C)ccc1NC(=O)CNC. The molecule has 0 heterocycles. The van der Waals surface area contributed by atoms with Crippen molar-refractivity contribution in [3.05, 3.63) is 23.8 Å². The molecular formula is C14H21N3O3. The van der Waals surface area contributed by atoms with Gasteiger partial charge in [-0.3, -0.25) is 9.59 Å². The Morgan fingerprint density at radius 2 is 2.00 bits per heavy atom. The van der Waals surface area contributed by atoms with Crippen LogP contribution in [0.3, 0.4) is 0 Å². The van der Waals surface area contributed by atoms with Crippen molar-refractivity contribution in [1.29, 1.82) is 0 Å². The van der Waals surface area contributed by atoms with Crippen LogP contribution in [-0.4, -0.2) is 51.0 Å². The molecule has 1 aromatic carbocycles. The maximum Gasteiger partial charge on any atom is 0.253 e. The van der Waals surface area contributed by atoms with Gasteiger partial charge in [-0.05, 0) is 32.2 Å². The van der Waals surface area contributed by atoms with E-state index >= 15 is 0 Å². The number of carbonyl (C=O) groups excluding carboxylic acids is 2. The lowest BCUT2D eigenvalue weighted by Gasteiger charge is -2.15. The summed E-state index contributed by atoms with van der Waals surface area (Å²) in [5.74, 6) is 0.212. The van der Waals surface area contributed by atoms with Gasteiger partial charge in [0, 0.05) is 19.7 Å². The minimum absolute atomic E-state index is 0.112. The van der Waals surface area contributed by atoms with Gasteiger partial charge in [0.1, 0.15) is 5.75 Å². The summed E-state index contributed by atoms with van der Waals surface area (Å²) in [6, 6.07) is 4.98. The lowest BCUT2D eigenvalue weighted by Crippen LogP contribution is -2.25. The molecule has 6 heteroatoms. The van der Waals surface area contributed by atoms with Gasteiger partial charge in [0.25, 0.3) is 5.91 Å². The van der Waals surface area contributed by atoms with Crippen LogP contribution in [0.1, 0.15) is 17.3 Å². The van der Waals surface area contributed by atoms with Crippen molar-refractivity contribution in [2.24, 2.45) is 0 Å². The maximum absolute atomic E-state index is 11.9. The molecule has 2 N–H and O–H groups in total. The molecule has 6 nitrogen and oxygen atoms in total. The topological polar surface area (TPSA) is 70.7 Å². The molecule has 0 bridgehead atoms. The molecule has 0 unspecified atom stereocenters. The minimum atomic E-state index is -0.167. The molecule has 0 atom stereocenters. The fourth-order valence-electron chi connectivity index (χ4n) is 1.65. The molecule has 110 valence electrons. The molecular weight excluding hydrogens is 258 g/mol. The van der Waals surface area contributed by atoms with Crippen LogP contribution in [0.4, 0.5) is 5.69 Å². The van der Waals surface area contributed by atoms with Gasteiger partial charge in [0.05, 0.1) is 18.8 Å². The third kappa shape index (κ3) is 4.24. The van der Waals surface area contributed by atoms with Crippen molar-refractivity contribution >= 4 is 17.5 Å². The Morgan fingerprint density at radius 1 is 1.30 bits per heavy atom. The van der Waals surface area contributed by atoms with Crippen molar-refractivity contribution in [3.63, 3.8) is 0 Å². The number of carbonyl (C=O) groups is 2. The first-order valence-corrected chi connectivity index (χ1v) is 6.42. The summed E-state index contributed by atoms with van der Waals surface area (Å²) in [7, 11) is 5.07. The zero-order valence-electron chi connectivity index (χ0n) is 12.3. The quantitative estimate of drug-likeness (QED) is 0.813. The van der Waals surface area contributed by atoms with Crippen molar-refractivity contribution in [1.82, 2.24) is 10.2 Å². The third-order valence-corrected chi connectivity index (χ3v) is 2.55. The maximum atomic E-state index is 11.9. The number of benzene rings is 1. The van der Waals surface area contributed by atoms with E-state index in [0.29, 0.717) is 23.6 Å². The van der Waals surface area contributed by atoms with Crippen LogP contribution < -0.4 is 15.4 Å². The number of rotatable bonds is 6. The molecule has 0 spiro atoms. The zero-order chi connectivity index (χ0) is 15.1. The van der Waals surface area contributed by atoms with Gasteiger partial charge in [-0.1, -0.05) is 0 Å². The molecule has 0 saturated carbocycles. The highest BCUT2D eigenvalue weighted by Crippen LogP contribution is 2.26. The smallest absolute Gasteiger partial charge is 0.253 e. The average molecular weight is 279 g/mol. The number of nitrogens with zero attached hydrogens (tertiary/aromatic N) is 1. The van der Waals surface area contributed by atoms with Gasteiger partial charge in [0.2, 0.25) is 5.91 Å². The Labute approximate surface area is 119 Å². The molecule has 0 aliphatic rings. The first kappa shape index (κ1) is 16.0. The predicted octanol–water partition coefficient (Wildman–Crippen LogP) is 0.945. The van der Waals surface area contributed by atoms with E-state index in [2.05, 4.69) is 10.6 Å². The lowest BCUT2D eigenvalue weighted by atomic mass is 10.1. The number of hydrogen-bond donors (Lipinski definition) is 2. The second-order valence-electron chi connectivity index (χ2n) is 4.42. The van der Waals surface area contributed by atoms with Crippen molar-refractivity contribution in [2.75, 3.05) is 39.6 Å². The van der Waals surface area contributed by atoms with E-state index in [1.54, 1.807) is 39.3 Å². The highest BCUT2D eigenvalue weighted by Gasteiger charge is 2.13. The van der Waals surface area contributed by atoms with E-state index in [-0.39, 0.29) is 18.4 Å². The van der Waals surface area contributed by atoms with Crippen LogP contribution in [-0.2, 0) is 4.79 Å². The summed E-state index contributed by atoms with van der Waals surface area (Å²) in [6.45, 7) is 2.51. The lowest BCUT2D eigenvalue weighted by molar-refractivity contribution is -0.115. The number of anilines is 1.